The Kier molecular flexibility index (Phi) is 4.58. The minimum Gasteiger partial charge on any atom is -0.316 e. The van der Waals surface area contributed by atoms with E-state index in [1.807, 2.05) is 30.0 Å². The van der Waals surface area contributed by atoms with Gasteiger partial charge < -0.3 is 5.32 Å². The number of pyridine rings is 1. The van der Waals surface area contributed by atoms with Gasteiger partial charge in [-0.05, 0) is 32.0 Å². The third-order valence-corrected chi connectivity index (χ3v) is 5.47. The molecule has 0 aromatic carbocycles. The molecule has 5 heteroatoms. The van der Waals surface area contributed by atoms with Gasteiger partial charge in [0.05, 0.1) is 0 Å². The molecular weight excluding hydrogens is 268 g/mol. The van der Waals surface area contributed by atoms with Gasteiger partial charge in [-0.2, -0.15) is 0 Å². The molecule has 1 aliphatic carbocycles. The molecule has 1 fully saturated rings. The minimum atomic E-state index is 0.580. The summed E-state index contributed by atoms with van der Waals surface area (Å²) >= 11 is 1.88. The summed E-state index contributed by atoms with van der Waals surface area (Å²) < 4.78 is 2.09. The molecule has 1 aliphatic rings. The fraction of sp³-hybridized carbons (Fsp3) is 0.600. The monoisotopic (exact) mass is 290 g/mol. The molecule has 0 amide bonds. The number of nitrogens with one attached hydrogen (secondary N) is 1. The molecule has 1 saturated carbocycles. The smallest absolute Gasteiger partial charge is 0.195 e. The van der Waals surface area contributed by atoms with E-state index in [9.17, 15) is 0 Å². The van der Waals surface area contributed by atoms with Gasteiger partial charge in [-0.3, -0.25) is 4.40 Å². The zero-order valence-electron chi connectivity index (χ0n) is 12.0. The summed E-state index contributed by atoms with van der Waals surface area (Å²) in [5, 5.41) is 13.7. The fourth-order valence-corrected chi connectivity index (χ4v) is 4.30. The topological polar surface area (TPSA) is 42.2 Å². The van der Waals surface area contributed by atoms with Crippen molar-refractivity contribution in [2.75, 3.05) is 7.05 Å². The van der Waals surface area contributed by atoms with Crippen LogP contribution in [0.5, 0.6) is 0 Å². The predicted molar refractivity (Wildman–Crippen MR) is 83.2 cm³/mol. The first-order chi connectivity index (χ1) is 9.88. The lowest BCUT2D eigenvalue weighted by Gasteiger charge is -2.27. The highest BCUT2D eigenvalue weighted by Crippen LogP contribution is 2.31. The van der Waals surface area contributed by atoms with E-state index in [4.69, 9.17) is 0 Å². The molecule has 20 heavy (non-hydrogen) atoms. The molecule has 4 nitrogen and oxygen atoms in total. The van der Waals surface area contributed by atoms with Crippen molar-refractivity contribution in [3.8, 4) is 0 Å². The lowest BCUT2D eigenvalue weighted by Crippen LogP contribution is -2.36. The van der Waals surface area contributed by atoms with E-state index in [0.29, 0.717) is 11.3 Å². The lowest BCUT2D eigenvalue weighted by atomic mass is 9.96. The SMILES string of the molecule is CNC1CCCCCCC1Sc1nnc2ccccn12. The van der Waals surface area contributed by atoms with Crippen molar-refractivity contribution in [2.24, 2.45) is 0 Å². The molecule has 2 atom stereocenters. The van der Waals surface area contributed by atoms with E-state index in [1.165, 1.54) is 38.5 Å². The highest BCUT2D eigenvalue weighted by Gasteiger charge is 2.24. The maximum Gasteiger partial charge on any atom is 0.195 e. The standard InChI is InChI=1S/C15H22N4S/c1-16-12-8-4-2-3-5-9-13(12)20-15-18-17-14-10-6-7-11-19(14)15/h6-7,10-13,16H,2-5,8-9H2,1H3. The van der Waals surface area contributed by atoms with Crippen molar-refractivity contribution in [3.05, 3.63) is 24.4 Å². The number of nitrogens with zero attached hydrogens (tertiary/aromatic N) is 3. The van der Waals surface area contributed by atoms with Gasteiger partial charge in [0.1, 0.15) is 0 Å². The van der Waals surface area contributed by atoms with Crippen molar-refractivity contribution in [1.82, 2.24) is 19.9 Å². The Bertz CT molecular complexity index is 554. The number of hydrogen-bond donors (Lipinski definition) is 1. The van der Waals surface area contributed by atoms with Crippen molar-refractivity contribution in [2.45, 2.75) is 55.0 Å². The third kappa shape index (κ3) is 2.99. The Labute approximate surface area is 124 Å². The lowest BCUT2D eigenvalue weighted by molar-refractivity contribution is 0.420. The van der Waals surface area contributed by atoms with Crippen molar-refractivity contribution in [1.29, 1.82) is 0 Å². The van der Waals surface area contributed by atoms with Crippen LogP contribution in [0.2, 0.25) is 0 Å². The number of rotatable bonds is 3. The Balaban J connectivity index is 1.80. The molecular formula is C15H22N4S. The highest BCUT2D eigenvalue weighted by atomic mass is 32.2. The second-order valence-corrected chi connectivity index (χ2v) is 6.66. The van der Waals surface area contributed by atoms with Crippen LogP contribution in [0.15, 0.2) is 29.6 Å². The van der Waals surface area contributed by atoms with Gasteiger partial charge in [-0.15, -0.1) is 10.2 Å². The first kappa shape index (κ1) is 13.9. The second-order valence-electron chi connectivity index (χ2n) is 5.45. The van der Waals surface area contributed by atoms with Crippen LogP contribution < -0.4 is 5.32 Å². The molecule has 2 aromatic heterocycles. The molecule has 2 aromatic rings. The average Bonchev–Trinajstić information content (AvgIpc) is 2.86. The second kappa shape index (κ2) is 6.59. The van der Waals surface area contributed by atoms with Crippen LogP contribution in [-0.2, 0) is 0 Å². The van der Waals surface area contributed by atoms with E-state index in [-0.39, 0.29) is 0 Å². The fourth-order valence-electron chi connectivity index (χ4n) is 2.96. The Morgan fingerprint density at radius 3 is 2.85 bits per heavy atom. The normalized spacial score (nSPS) is 24.4. The van der Waals surface area contributed by atoms with Crippen LogP contribution in [-0.4, -0.2) is 32.9 Å². The van der Waals surface area contributed by atoms with E-state index in [0.717, 1.165) is 10.8 Å². The van der Waals surface area contributed by atoms with Crippen LogP contribution in [0.25, 0.3) is 5.65 Å². The van der Waals surface area contributed by atoms with Gasteiger partial charge in [0.2, 0.25) is 0 Å². The van der Waals surface area contributed by atoms with Gasteiger partial charge in [0.25, 0.3) is 0 Å². The molecule has 0 spiro atoms. The molecule has 0 aliphatic heterocycles. The van der Waals surface area contributed by atoms with Gasteiger partial charge >= 0.3 is 0 Å². The number of thioether (sulfide) groups is 1. The predicted octanol–water partition coefficient (Wildman–Crippen LogP) is 3.13. The van der Waals surface area contributed by atoms with Crippen molar-refractivity contribution < 1.29 is 0 Å². The summed E-state index contributed by atoms with van der Waals surface area (Å²) in [6.07, 6.45) is 9.99. The summed E-state index contributed by atoms with van der Waals surface area (Å²) in [6, 6.07) is 6.63. The maximum absolute atomic E-state index is 4.36. The van der Waals surface area contributed by atoms with Gasteiger partial charge in [0, 0.05) is 17.5 Å². The average molecular weight is 290 g/mol. The van der Waals surface area contributed by atoms with E-state index in [1.54, 1.807) is 0 Å². The Hall–Kier alpha value is -1.07. The molecule has 1 N–H and O–H groups in total. The summed E-state index contributed by atoms with van der Waals surface area (Å²) in [7, 11) is 2.09. The Morgan fingerprint density at radius 2 is 2.00 bits per heavy atom. The Morgan fingerprint density at radius 1 is 1.15 bits per heavy atom. The van der Waals surface area contributed by atoms with Crippen molar-refractivity contribution >= 4 is 17.4 Å². The zero-order valence-corrected chi connectivity index (χ0v) is 12.8. The molecule has 2 unspecified atom stereocenters. The van der Waals surface area contributed by atoms with E-state index < -0.39 is 0 Å². The third-order valence-electron chi connectivity index (χ3n) is 4.11. The summed E-state index contributed by atoms with van der Waals surface area (Å²) in [5.74, 6) is 0. The van der Waals surface area contributed by atoms with E-state index in [2.05, 4.69) is 33.2 Å². The molecule has 108 valence electrons. The first-order valence-corrected chi connectivity index (χ1v) is 8.40. The van der Waals surface area contributed by atoms with Crippen LogP contribution in [0, 0.1) is 0 Å². The van der Waals surface area contributed by atoms with Crippen LogP contribution >= 0.6 is 11.8 Å². The molecule has 2 heterocycles. The van der Waals surface area contributed by atoms with Crippen molar-refractivity contribution in [3.63, 3.8) is 0 Å². The first-order valence-electron chi connectivity index (χ1n) is 7.52. The van der Waals surface area contributed by atoms with Crippen LogP contribution in [0.4, 0.5) is 0 Å². The van der Waals surface area contributed by atoms with Gasteiger partial charge in [-0.25, -0.2) is 0 Å². The van der Waals surface area contributed by atoms with Gasteiger partial charge in [-0.1, -0.05) is 43.5 Å². The number of aromatic nitrogens is 3. The van der Waals surface area contributed by atoms with Gasteiger partial charge in [0.15, 0.2) is 10.8 Å². The largest absolute Gasteiger partial charge is 0.316 e. The minimum absolute atomic E-state index is 0.580. The quantitative estimate of drug-likeness (QED) is 0.943. The van der Waals surface area contributed by atoms with Crippen LogP contribution in [0.1, 0.15) is 38.5 Å². The summed E-state index contributed by atoms with van der Waals surface area (Å²) in [5.41, 5.74) is 0.932. The molecule has 0 saturated heterocycles. The zero-order chi connectivity index (χ0) is 13.8. The van der Waals surface area contributed by atoms with Crippen LogP contribution in [0.3, 0.4) is 0 Å². The van der Waals surface area contributed by atoms with E-state index >= 15 is 0 Å². The molecule has 0 bridgehead atoms. The number of hydrogen-bond acceptors (Lipinski definition) is 4. The molecule has 3 rings (SSSR count). The molecule has 0 radical (unpaired) electrons. The summed E-state index contributed by atoms with van der Waals surface area (Å²) in [6.45, 7) is 0. The maximum atomic E-state index is 4.36. The summed E-state index contributed by atoms with van der Waals surface area (Å²) in [4.78, 5) is 0. The number of fused-ring (bicyclic) bond motifs is 1. The highest BCUT2D eigenvalue weighted by molar-refractivity contribution is 7.99.